The van der Waals surface area contributed by atoms with Crippen LogP contribution in [0.5, 0.6) is 5.75 Å². The van der Waals surface area contributed by atoms with E-state index < -0.39 is 0 Å². The Kier molecular flexibility index (Phi) is 6.56. The minimum atomic E-state index is -0.203. The molecule has 0 aliphatic carbocycles. The number of hydrogen-bond acceptors (Lipinski definition) is 6. The van der Waals surface area contributed by atoms with Crippen molar-refractivity contribution in [3.63, 3.8) is 0 Å². The van der Waals surface area contributed by atoms with Crippen LogP contribution in [0.4, 0.5) is 0 Å². The Morgan fingerprint density at radius 2 is 2.06 bits per heavy atom. The summed E-state index contributed by atoms with van der Waals surface area (Å²) in [5.74, 6) is 0.506. The highest BCUT2D eigenvalue weighted by Gasteiger charge is 2.29. The third-order valence-corrected chi connectivity index (χ3v) is 6.55. The molecule has 1 fully saturated rings. The Bertz CT molecular complexity index is 1060. The number of imidazole rings is 1. The summed E-state index contributed by atoms with van der Waals surface area (Å²) in [7, 11) is 1.65. The van der Waals surface area contributed by atoms with E-state index in [1.807, 2.05) is 35.4 Å². The van der Waals surface area contributed by atoms with Crippen molar-refractivity contribution < 1.29 is 19.1 Å². The van der Waals surface area contributed by atoms with E-state index in [0.717, 1.165) is 40.5 Å². The van der Waals surface area contributed by atoms with Crippen LogP contribution in [-0.2, 0) is 20.7 Å². The Labute approximate surface area is 185 Å². The molecule has 164 valence electrons. The number of aryl methyl sites for hydroxylation is 1. The summed E-state index contributed by atoms with van der Waals surface area (Å²) in [5.41, 5.74) is 2.99. The normalized spacial score (nSPS) is 16.5. The van der Waals surface area contributed by atoms with Gasteiger partial charge in [-0.2, -0.15) is 0 Å². The summed E-state index contributed by atoms with van der Waals surface area (Å²) in [6, 6.07) is 7.82. The third kappa shape index (κ3) is 4.74. The average Bonchev–Trinajstić information content (AvgIpc) is 3.39. The number of ether oxygens (including phenoxy) is 2. The molecule has 4 rings (SSSR count). The number of aromatic nitrogens is 2. The second-order valence-corrected chi connectivity index (χ2v) is 8.50. The molecular weight excluding hydrogens is 414 g/mol. The number of nitrogens with zero attached hydrogens (tertiary/aromatic N) is 3. The van der Waals surface area contributed by atoms with Gasteiger partial charge in [0.1, 0.15) is 5.75 Å². The minimum Gasteiger partial charge on any atom is -0.497 e. The van der Waals surface area contributed by atoms with Crippen molar-refractivity contribution in [3.05, 3.63) is 41.5 Å². The molecule has 1 aliphatic rings. The maximum absolute atomic E-state index is 12.8. The van der Waals surface area contributed by atoms with E-state index in [1.165, 1.54) is 0 Å². The van der Waals surface area contributed by atoms with E-state index in [4.69, 9.17) is 14.5 Å². The Hall–Kier alpha value is -2.87. The van der Waals surface area contributed by atoms with Crippen LogP contribution >= 0.6 is 11.3 Å². The lowest BCUT2D eigenvalue weighted by molar-refractivity contribution is -0.151. The lowest BCUT2D eigenvalue weighted by atomic mass is 9.98. The zero-order chi connectivity index (χ0) is 21.8. The summed E-state index contributed by atoms with van der Waals surface area (Å²) < 4.78 is 12.4. The number of thiazole rings is 1. The number of benzene rings is 1. The van der Waals surface area contributed by atoms with Gasteiger partial charge in [-0.05, 0) is 50.5 Å². The monoisotopic (exact) mass is 441 g/mol. The van der Waals surface area contributed by atoms with Gasteiger partial charge in [-0.25, -0.2) is 4.98 Å². The van der Waals surface area contributed by atoms with Crippen LogP contribution in [0.3, 0.4) is 0 Å². The van der Waals surface area contributed by atoms with Gasteiger partial charge < -0.3 is 14.4 Å². The first-order chi connectivity index (χ1) is 15.1. The molecule has 1 aliphatic heterocycles. The zero-order valence-corrected chi connectivity index (χ0v) is 18.7. The van der Waals surface area contributed by atoms with Crippen LogP contribution in [0.15, 0.2) is 35.8 Å². The molecule has 8 heteroatoms. The van der Waals surface area contributed by atoms with Crippen molar-refractivity contribution >= 4 is 28.2 Å². The zero-order valence-electron chi connectivity index (χ0n) is 17.9. The Balaban J connectivity index is 1.40. The summed E-state index contributed by atoms with van der Waals surface area (Å²) in [4.78, 5) is 32.3. The smallest absolute Gasteiger partial charge is 0.310 e. The number of hydrogen-bond donors (Lipinski definition) is 0. The quantitative estimate of drug-likeness (QED) is 0.522. The fraction of sp³-hybridized carbons (Fsp3) is 0.435. The molecule has 0 saturated carbocycles. The number of esters is 1. The van der Waals surface area contributed by atoms with E-state index in [-0.39, 0.29) is 17.8 Å². The highest BCUT2D eigenvalue weighted by molar-refractivity contribution is 7.15. The van der Waals surface area contributed by atoms with E-state index >= 15 is 0 Å². The predicted molar refractivity (Wildman–Crippen MR) is 119 cm³/mol. The van der Waals surface area contributed by atoms with Gasteiger partial charge in [0.15, 0.2) is 4.96 Å². The second kappa shape index (κ2) is 9.51. The molecule has 31 heavy (non-hydrogen) atoms. The molecule has 0 N–H and O–H groups in total. The maximum atomic E-state index is 12.8. The van der Waals surface area contributed by atoms with E-state index in [9.17, 15) is 9.59 Å². The minimum absolute atomic E-state index is 0.0869. The molecular formula is C23H27N3O4S. The van der Waals surface area contributed by atoms with Crippen molar-refractivity contribution in [3.8, 4) is 17.0 Å². The Morgan fingerprint density at radius 3 is 2.81 bits per heavy atom. The lowest BCUT2D eigenvalue weighted by Crippen LogP contribution is -2.42. The molecule has 1 amide bonds. The number of fused-ring (bicyclic) bond motifs is 1. The highest BCUT2D eigenvalue weighted by atomic mass is 32.1. The van der Waals surface area contributed by atoms with Crippen LogP contribution < -0.4 is 4.74 Å². The molecule has 3 aromatic rings. The van der Waals surface area contributed by atoms with Gasteiger partial charge in [0.05, 0.1) is 25.3 Å². The van der Waals surface area contributed by atoms with Gasteiger partial charge in [0.25, 0.3) is 0 Å². The molecule has 1 atom stereocenters. The standard InChI is InChI=1S/C23H27N3O4S/c1-3-30-22(28)17-5-4-12-25(13-17)21(27)11-8-18-15-31-23-24-20(14-26(18)23)16-6-9-19(29-2)10-7-16/h6-7,9-10,14-15,17H,3-5,8,11-13H2,1-2H3/t17-/m0/s1. The average molecular weight is 442 g/mol. The van der Waals surface area contributed by atoms with Crippen molar-refractivity contribution in [1.29, 1.82) is 0 Å². The summed E-state index contributed by atoms with van der Waals surface area (Å²) >= 11 is 1.58. The number of carbonyl (C=O) groups excluding carboxylic acids is 2. The van der Waals surface area contributed by atoms with Crippen molar-refractivity contribution in [2.45, 2.75) is 32.6 Å². The first kappa shape index (κ1) is 21.4. The van der Waals surface area contributed by atoms with Crippen molar-refractivity contribution in [1.82, 2.24) is 14.3 Å². The number of likely N-dealkylation sites (tertiary alicyclic amines) is 1. The van der Waals surface area contributed by atoms with Crippen molar-refractivity contribution in [2.75, 3.05) is 26.8 Å². The SMILES string of the molecule is CCOC(=O)[C@H]1CCCN(C(=O)CCc2csc3nc(-c4ccc(OC)cc4)cn23)C1. The first-order valence-electron chi connectivity index (χ1n) is 10.6. The van der Waals surface area contributed by atoms with Gasteiger partial charge in [-0.3, -0.25) is 14.0 Å². The van der Waals surface area contributed by atoms with Gasteiger partial charge in [0.2, 0.25) is 5.91 Å². The van der Waals surface area contributed by atoms with Crippen LogP contribution in [0, 0.1) is 5.92 Å². The topological polar surface area (TPSA) is 73.1 Å². The molecule has 2 aromatic heterocycles. The van der Waals surface area contributed by atoms with Crippen LogP contribution in [0.2, 0.25) is 0 Å². The van der Waals surface area contributed by atoms with Crippen LogP contribution in [0.1, 0.15) is 31.9 Å². The fourth-order valence-corrected chi connectivity index (χ4v) is 4.87. The van der Waals surface area contributed by atoms with E-state index in [0.29, 0.717) is 32.5 Å². The largest absolute Gasteiger partial charge is 0.497 e. The third-order valence-electron chi connectivity index (χ3n) is 5.66. The van der Waals surface area contributed by atoms with Crippen LogP contribution in [-0.4, -0.2) is 53.0 Å². The second-order valence-electron chi connectivity index (χ2n) is 7.67. The number of carbonyl (C=O) groups is 2. The molecule has 0 bridgehead atoms. The number of piperidine rings is 1. The number of amides is 1. The molecule has 1 aromatic carbocycles. The Morgan fingerprint density at radius 1 is 1.26 bits per heavy atom. The van der Waals surface area contributed by atoms with Gasteiger partial charge in [-0.15, -0.1) is 11.3 Å². The summed E-state index contributed by atoms with van der Waals surface area (Å²) in [6.07, 6.45) is 4.70. The van der Waals surface area contributed by atoms with E-state index in [1.54, 1.807) is 25.4 Å². The first-order valence-corrected chi connectivity index (χ1v) is 11.5. The summed E-state index contributed by atoms with van der Waals surface area (Å²) in [5, 5.41) is 2.06. The molecule has 3 heterocycles. The number of rotatable bonds is 7. The fourth-order valence-electron chi connectivity index (χ4n) is 3.96. The van der Waals surface area contributed by atoms with Gasteiger partial charge in [0, 0.05) is 42.3 Å². The molecule has 1 saturated heterocycles. The van der Waals surface area contributed by atoms with E-state index in [2.05, 4.69) is 9.78 Å². The highest BCUT2D eigenvalue weighted by Crippen LogP contribution is 2.26. The van der Waals surface area contributed by atoms with Crippen molar-refractivity contribution in [2.24, 2.45) is 5.92 Å². The molecule has 0 radical (unpaired) electrons. The van der Waals surface area contributed by atoms with Crippen LogP contribution in [0.25, 0.3) is 16.2 Å². The number of methoxy groups -OCH3 is 1. The lowest BCUT2D eigenvalue weighted by Gasteiger charge is -2.31. The molecule has 0 spiro atoms. The molecule has 7 nitrogen and oxygen atoms in total. The summed E-state index contributed by atoms with van der Waals surface area (Å²) in [6.45, 7) is 3.35. The van der Waals surface area contributed by atoms with Gasteiger partial charge >= 0.3 is 5.97 Å². The molecule has 0 unspecified atom stereocenters. The predicted octanol–water partition coefficient (Wildman–Crippen LogP) is 3.81. The van der Waals surface area contributed by atoms with Gasteiger partial charge in [-0.1, -0.05) is 0 Å². The maximum Gasteiger partial charge on any atom is 0.310 e.